The van der Waals surface area contributed by atoms with Gasteiger partial charge in [-0.1, -0.05) is 6.92 Å². The van der Waals surface area contributed by atoms with E-state index in [0.717, 1.165) is 12.8 Å². The topological polar surface area (TPSA) is 57.6 Å². The van der Waals surface area contributed by atoms with E-state index in [1.165, 1.54) is 4.90 Å². The van der Waals surface area contributed by atoms with Gasteiger partial charge in [-0.3, -0.25) is 14.5 Å². The molecule has 4 nitrogen and oxygen atoms in total. The van der Waals surface area contributed by atoms with Crippen LogP contribution in [-0.2, 0) is 9.59 Å². The molecular weight excluding hydrogens is 182 g/mol. The lowest BCUT2D eigenvalue weighted by molar-refractivity contribution is -0.144. The van der Waals surface area contributed by atoms with E-state index in [1.807, 2.05) is 6.92 Å². The van der Waals surface area contributed by atoms with E-state index in [4.69, 9.17) is 5.11 Å². The Morgan fingerprint density at radius 2 is 1.79 bits per heavy atom. The number of nitrogens with zero attached hydrogens (tertiary/aromatic N) is 1. The van der Waals surface area contributed by atoms with Crippen LogP contribution < -0.4 is 0 Å². The molecule has 14 heavy (non-hydrogen) atoms. The molecule has 1 fully saturated rings. The molecule has 1 atom stereocenters. The van der Waals surface area contributed by atoms with Crippen molar-refractivity contribution in [2.24, 2.45) is 5.92 Å². The maximum atomic E-state index is 11.5. The summed E-state index contributed by atoms with van der Waals surface area (Å²) < 4.78 is 0. The zero-order chi connectivity index (χ0) is 10.6. The van der Waals surface area contributed by atoms with Crippen LogP contribution >= 0.6 is 0 Å². The second-order valence-electron chi connectivity index (χ2n) is 3.89. The van der Waals surface area contributed by atoms with Crippen molar-refractivity contribution in [1.82, 2.24) is 4.90 Å². The predicted octanol–water partition coefficient (Wildman–Crippen LogP) is 0.544. The smallest absolute Gasteiger partial charge is 0.229 e. The largest absolute Gasteiger partial charge is 0.396 e. The molecule has 1 aliphatic heterocycles. The van der Waals surface area contributed by atoms with Crippen molar-refractivity contribution >= 4 is 11.8 Å². The molecule has 0 aromatic rings. The Morgan fingerprint density at radius 3 is 2.21 bits per heavy atom. The van der Waals surface area contributed by atoms with E-state index < -0.39 is 0 Å². The first kappa shape index (κ1) is 11.2. The van der Waals surface area contributed by atoms with Crippen molar-refractivity contribution < 1.29 is 14.7 Å². The van der Waals surface area contributed by atoms with Crippen molar-refractivity contribution in [3.05, 3.63) is 0 Å². The molecule has 0 bridgehead atoms. The van der Waals surface area contributed by atoms with Gasteiger partial charge in [0.05, 0.1) is 0 Å². The molecule has 0 aromatic heterocycles. The highest BCUT2D eigenvalue weighted by atomic mass is 16.3. The summed E-state index contributed by atoms with van der Waals surface area (Å²) in [6.45, 7) is 2.19. The predicted molar refractivity (Wildman–Crippen MR) is 51.4 cm³/mol. The molecule has 1 heterocycles. The third-order valence-corrected chi connectivity index (χ3v) is 2.44. The number of rotatable bonds is 3. The Kier molecular flexibility index (Phi) is 4.07. The third-order valence-electron chi connectivity index (χ3n) is 2.44. The molecule has 0 aromatic carbocycles. The molecule has 4 heteroatoms. The number of aliphatic hydroxyl groups is 1. The van der Waals surface area contributed by atoms with Crippen LogP contribution in [0.25, 0.3) is 0 Å². The summed E-state index contributed by atoms with van der Waals surface area (Å²) in [5, 5.41) is 8.86. The molecule has 1 saturated heterocycles. The minimum absolute atomic E-state index is 0.0110. The zero-order valence-corrected chi connectivity index (χ0v) is 8.53. The average molecular weight is 199 g/mol. The number of amides is 2. The van der Waals surface area contributed by atoms with Gasteiger partial charge in [0.25, 0.3) is 0 Å². The number of carbonyl (C=O) groups is 2. The van der Waals surface area contributed by atoms with Crippen molar-refractivity contribution in [2.75, 3.05) is 13.2 Å². The molecule has 2 amide bonds. The maximum Gasteiger partial charge on any atom is 0.229 e. The Bertz CT molecular complexity index is 209. The Labute approximate surface area is 83.9 Å². The molecular formula is C10H17NO3. The summed E-state index contributed by atoms with van der Waals surface area (Å²) in [6.07, 6.45) is 2.52. The molecule has 0 saturated carbocycles. The van der Waals surface area contributed by atoms with Crippen LogP contribution in [-0.4, -0.2) is 35.0 Å². The summed E-state index contributed by atoms with van der Waals surface area (Å²) in [5.41, 5.74) is 0. The lowest BCUT2D eigenvalue weighted by Gasteiger charge is -2.21. The van der Waals surface area contributed by atoms with Crippen LogP contribution in [0.1, 0.15) is 32.6 Å². The summed E-state index contributed by atoms with van der Waals surface area (Å²) in [6, 6.07) is 0. The normalized spacial score (nSPS) is 20.9. The van der Waals surface area contributed by atoms with Gasteiger partial charge in [0.2, 0.25) is 11.8 Å². The first-order chi connectivity index (χ1) is 6.65. The maximum absolute atomic E-state index is 11.5. The van der Waals surface area contributed by atoms with Gasteiger partial charge in [-0.05, 0) is 18.8 Å². The number of hydrogen-bond donors (Lipinski definition) is 1. The number of aliphatic hydroxyl groups excluding tert-OH is 1. The minimum atomic E-state index is -0.0900. The van der Waals surface area contributed by atoms with Crippen molar-refractivity contribution in [3.63, 3.8) is 0 Å². The molecule has 80 valence electrons. The molecule has 0 radical (unpaired) electrons. The molecule has 0 spiro atoms. The quantitative estimate of drug-likeness (QED) is 0.675. The van der Waals surface area contributed by atoms with Crippen LogP contribution in [0.4, 0.5) is 0 Å². The molecule has 1 rings (SSSR count). The van der Waals surface area contributed by atoms with Gasteiger partial charge in [0.1, 0.15) is 0 Å². The van der Waals surface area contributed by atoms with Crippen LogP contribution in [0.2, 0.25) is 0 Å². The van der Waals surface area contributed by atoms with Gasteiger partial charge in [-0.2, -0.15) is 0 Å². The van der Waals surface area contributed by atoms with Gasteiger partial charge in [0, 0.05) is 26.0 Å². The highest BCUT2D eigenvalue weighted by Crippen LogP contribution is 2.13. The second-order valence-corrected chi connectivity index (χ2v) is 3.89. The SMILES string of the molecule is CC(CO)CN1C(=O)CCCCC1=O. The van der Waals surface area contributed by atoms with Gasteiger partial charge < -0.3 is 5.11 Å². The van der Waals surface area contributed by atoms with Crippen LogP contribution in [0.3, 0.4) is 0 Å². The summed E-state index contributed by atoms with van der Waals surface area (Å²) >= 11 is 0. The van der Waals surface area contributed by atoms with Crippen molar-refractivity contribution in [3.8, 4) is 0 Å². The van der Waals surface area contributed by atoms with E-state index in [0.29, 0.717) is 19.4 Å². The highest BCUT2D eigenvalue weighted by molar-refractivity contribution is 5.96. The first-order valence-corrected chi connectivity index (χ1v) is 5.09. The van der Waals surface area contributed by atoms with Crippen molar-refractivity contribution in [2.45, 2.75) is 32.6 Å². The zero-order valence-electron chi connectivity index (χ0n) is 8.53. The van der Waals surface area contributed by atoms with E-state index in [1.54, 1.807) is 0 Å². The van der Waals surface area contributed by atoms with E-state index in [9.17, 15) is 9.59 Å². The van der Waals surface area contributed by atoms with Gasteiger partial charge in [-0.15, -0.1) is 0 Å². The summed E-state index contributed by atoms with van der Waals surface area (Å²) in [7, 11) is 0. The standard InChI is InChI=1S/C10H17NO3/c1-8(7-12)6-11-9(13)4-2-3-5-10(11)14/h8,12H,2-7H2,1H3. The lowest BCUT2D eigenvalue weighted by Crippen LogP contribution is -2.39. The summed E-state index contributed by atoms with van der Waals surface area (Å²) in [4.78, 5) is 24.3. The molecule has 0 aliphatic carbocycles. The Balaban J connectivity index is 2.60. The fraction of sp³-hybridized carbons (Fsp3) is 0.800. The highest BCUT2D eigenvalue weighted by Gasteiger charge is 2.24. The minimum Gasteiger partial charge on any atom is -0.396 e. The first-order valence-electron chi connectivity index (χ1n) is 5.09. The number of hydrogen-bond acceptors (Lipinski definition) is 3. The number of carbonyl (C=O) groups excluding carboxylic acids is 2. The number of imide groups is 1. The third kappa shape index (κ3) is 2.80. The molecule has 1 unspecified atom stereocenters. The summed E-state index contributed by atoms with van der Waals surface area (Å²) in [5.74, 6) is -0.207. The fourth-order valence-electron chi connectivity index (χ4n) is 1.53. The van der Waals surface area contributed by atoms with Crippen LogP contribution in [0.15, 0.2) is 0 Å². The van der Waals surface area contributed by atoms with Crippen LogP contribution in [0, 0.1) is 5.92 Å². The lowest BCUT2D eigenvalue weighted by atomic mass is 10.2. The monoisotopic (exact) mass is 199 g/mol. The van der Waals surface area contributed by atoms with E-state index in [-0.39, 0.29) is 24.3 Å². The average Bonchev–Trinajstić information content (AvgIpc) is 2.32. The Morgan fingerprint density at radius 1 is 1.29 bits per heavy atom. The van der Waals surface area contributed by atoms with E-state index >= 15 is 0 Å². The van der Waals surface area contributed by atoms with Crippen molar-refractivity contribution in [1.29, 1.82) is 0 Å². The number of likely N-dealkylation sites (tertiary alicyclic amines) is 1. The molecule has 1 N–H and O–H groups in total. The van der Waals surface area contributed by atoms with E-state index in [2.05, 4.69) is 0 Å². The fourth-order valence-corrected chi connectivity index (χ4v) is 1.53. The van der Waals surface area contributed by atoms with Crippen LogP contribution in [0.5, 0.6) is 0 Å². The Hall–Kier alpha value is -0.900. The second kappa shape index (κ2) is 5.10. The van der Waals surface area contributed by atoms with Gasteiger partial charge >= 0.3 is 0 Å². The molecule has 1 aliphatic rings. The van der Waals surface area contributed by atoms with Gasteiger partial charge in [0.15, 0.2) is 0 Å². The van der Waals surface area contributed by atoms with Gasteiger partial charge in [-0.25, -0.2) is 0 Å².